The Morgan fingerprint density at radius 1 is 1.29 bits per heavy atom. The van der Waals surface area contributed by atoms with Gasteiger partial charge in [0.15, 0.2) is 5.82 Å². The van der Waals surface area contributed by atoms with Crippen LogP contribution < -0.4 is 5.32 Å². The Morgan fingerprint density at radius 2 is 2.12 bits per heavy atom. The second kappa shape index (κ2) is 10.00. The van der Waals surface area contributed by atoms with E-state index in [1.807, 2.05) is 6.07 Å². The Labute approximate surface area is 202 Å². The van der Waals surface area contributed by atoms with Crippen molar-refractivity contribution in [3.8, 4) is 11.4 Å². The minimum Gasteiger partial charge on any atom is -0.444 e. The number of nitrogens with zero attached hydrogens (tertiary/aromatic N) is 5. The highest BCUT2D eigenvalue weighted by molar-refractivity contribution is 7.99. The van der Waals surface area contributed by atoms with Gasteiger partial charge in [-0.25, -0.2) is 9.89 Å². The van der Waals surface area contributed by atoms with Crippen molar-refractivity contribution in [2.45, 2.75) is 38.8 Å². The molecule has 2 aliphatic rings. The van der Waals surface area contributed by atoms with Crippen LogP contribution >= 0.6 is 11.8 Å². The number of hydrogen-bond acceptors (Lipinski definition) is 8. The second-order valence-electron chi connectivity index (χ2n) is 9.43. The van der Waals surface area contributed by atoms with Crippen LogP contribution in [0, 0.1) is 5.92 Å². The lowest BCUT2D eigenvalue weighted by Crippen LogP contribution is -2.48. The number of tetrazole rings is 1. The summed E-state index contributed by atoms with van der Waals surface area (Å²) in [5, 5.41) is 16.6. The zero-order valence-electron chi connectivity index (χ0n) is 19.5. The summed E-state index contributed by atoms with van der Waals surface area (Å²) >= 11 is 1.70. The Balaban J connectivity index is 1.41. The van der Waals surface area contributed by atoms with Crippen LogP contribution in [0.4, 0.5) is 4.79 Å². The predicted molar refractivity (Wildman–Crippen MR) is 126 cm³/mol. The molecule has 34 heavy (non-hydrogen) atoms. The third-order valence-electron chi connectivity index (χ3n) is 5.66. The van der Waals surface area contributed by atoms with Gasteiger partial charge in [0, 0.05) is 36.5 Å². The number of aromatic amines is 1. The lowest BCUT2D eigenvalue weighted by atomic mass is 10.0. The van der Waals surface area contributed by atoms with E-state index in [0.29, 0.717) is 48.9 Å². The molecule has 3 heterocycles. The first-order valence-corrected chi connectivity index (χ1v) is 12.4. The minimum absolute atomic E-state index is 0.0574. The highest BCUT2D eigenvalue weighted by Crippen LogP contribution is 2.28. The van der Waals surface area contributed by atoms with Gasteiger partial charge in [0.1, 0.15) is 11.6 Å². The van der Waals surface area contributed by atoms with E-state index in [4.69, 9.17) is 4.74 Å². The second-order valence-corrected chi connectivity index (χ2v) is 10.5. The molecule has 182 valence electrons. The van der Waals surface area contributed by atoms with Crippen LogP contribution in [0.3, 0.4) is 0 Å². The highest BCUT2D eigenvalue weighted by Gasteiger charge is 2.43. The van der Waals surface area contributed by atoms with Crippen LogP contribution in [0.25, 0.3) is 11.4 Å². The van der Waals surface area contributed by atoms with Gasteiger partial charge >= 0.3 is 6.09 Å². The fourth-order valence-electron chi connectivity index (χ4n) is 4.05. The lowest BCUT2D eigenvalue weighted by molar-refractivity contribution is -0.134. The molecule has 0 spiro atoms. The van der Waals surface area contributed by atoms with Crippen molar-refractivity contribution in [3.63, 3.8) is 0 Å². The molecule has 0 radical (unpaired) electrons. The van der Waals surface area contributed by atoms with Crippen LogP contribution in [-0.4, -0.2) is 91.2 Å². The number of nitrogens with one attached hydrogen (secondary N) is 2. The number of benzene rings is 1. The third kappa shape index (κ3) is 5.66. The summed E-state index contributed by atoms with van der Waals surface area (Å²) in [6.07, 6.45) is -0.0246. The van der Waals surface area contributed by atoms with E-state index in [1.54, 1.807) is 55.6 Å². The summed E-state index contributed by atoms with van der Waals surface area (Å²) in [5.74, 6) is 1.63. The van der Waals surface area contributed by atoms with E-state index >= 15 is 0 Å². The number of carbonyl (C=O) groups is 3. The summed E-state index contributed by atoms with van der Waals surface area (Å²) in [6.45, 7) is 6.77. The summed E-state index contributed by atoms with van der Waals surface area (Å²) < 4.78 is 5.56. The Kier molecular flexibility index (Phi) is 7.05. The topological polar surface area (TPSA) is 133 Å². The quantitative estimate of drug-likeness (QED) is 0.652. The summed E-state index contributed by atoms with van der Waals surface area (Å²) in [7, 11) is 0. The van der Waals surface area contributed by atoms with Crippen molar-refractivity contribution < 1.29 is 19.1 Å². The van der Waals surface area contributed by atoms with Gasteiger partial charge in [-0.1, -0.05) is 12.1 Å². The first kappa shape index (κ1) is 24.0. The number of likely N-dealkylation sites (tertiary alicyclic amines) is 1. The smallest absolute Gasteiger partial charge is 0.410 e. The fraction of sp³-hybridized carbons (Fsp3) is 0.545. The first-order chi connectivity index (χ1) is 16.2. The average molecular weight is 488 g/mol. The van der Waals surface area contributed by atoms with Crippen molar-refractivity contribution >= 4 is 29.7 Å². The lowest BCUT2D eigenvalue weighted by Gasteiger charge is -2.29. The zero-order chi connectivity index (χ0) is 24.3. The van der Waals surface area contributed by atoms with Crippen molar-refractivity contribution in [1.29, 1.82) is 0 Å². The van der Waals surface area contributed by atoms with Crippen molar-refractivity contribution in [1.82, 2.24) is 35.7 Å². The molecule has 2 atom stereocenters. The maximum Gasteiger partial charge on any atom is 0.410 e. The van der Waals surface area contributed by atoms with Gasteiger partial charge in [-0.3, -0.25) is 14.5 Å². The molecule has 12 heteroatoms. The van der Waals surface area contributed by atoms with Crippen molar-refractivity contribution in [2.75, 3.05) is 31.3 Å². The van der Waals surface area contributed by atoms with E-state index in [9.17, 15) is 14.4 Å². The number of H-pyrrole nitrogens is 1. The molecule has 2 fully saturated rings. The van der Waals surface area contributed by atoms with E-state index in [0.717, 1.165) is 5.75 Å². The molecule has 4 rings (SSSR count). The Morgan fingerprint density at radius 3 is 2.79 bits per heavy atom. The van der Waals surface area contributed by atoms with Gasteiger partial charge in [-0.2, -0.15) is 0 Å². The molecule has 1 aromatic heterocycles. The summed E-state index contributed by atoms with van der Waals surface area (Å²) in [4.78, 5) is 42.1. The van der Waals surface area contributed by atoms with Crippen LogP contribution in [0.1, 0.15) is 37.6 Å². The Bertz CT molecular complexity index is 1030. The molecule has 2 saturated heterocycles. The average Bonchev–Trinajstić information content (AvgIpc) is 3.57. The number of carbonyl (C=O) groups excluding carboxylic acids is 3. The molecule has 0 unspecified atom stereocenters. The number of thioether (sulfide) groups is 1. The molecular weight excluding hydrogens is 458 g/mol. The number of aromatic nitrogens is 4. The van der Waals surface area contributed by atoms with Gasteiger partial charge in [0.05, 0.1) is 5.88 Å². The van der Waals surface area contributed by atoms with Gasteiger partial charge in [0.2, 0.25) is 5.91 Å². The summed E-state index contributed by atoms with van der Waals surface area (Å²) in [6, 6.07) is 6.40. The zero-order valence-corrected chi connectivity index (χ0v) is 20.3. The van der Waals surface area contributed by atoms with Crippen molar-refractivity contribution in [2.24, 2.45) is 5.92 Å². The third-order valence-corrected chi connectivity index (χ3v) is 6.63. The van der Waals surface area contributed by atoms with E-state index in [2.05, 4.69) is 25.9 Å². The number of rotatable bonds is 5. The molecule has 0 aliphatic carbocycles. The fourth-order valence-corrected chi connectivity index (χ4v) is 5.01. The molecule has 0 saturated carbocycles. The molecule has 2 N–H and O–H groups in total. The number of hydrogen-bond donors (Lipinski definition) is 2. The normalized spacial score (nSPS) is 20.4. The molecule has 2 aliphatic heterocycles. The van der Waals surface area contributed by atoms with Gasteiger partial charge in [0.25, 0.3) is 5.91 Å². The SMILES string of the molecule is CC(C)(C)OC(=O)N1C[C@@H](CNC(=O)c2cccc(-c3nnn[nH]3)c2)C[C@H]1C(=O)N1CCSC1. The van der Waals surface area contributed by atoms with Crippen LogP contribution in [0.15, 0.2) is 24.3 Å². The molecule has 1 aromatic carbocycles. The Hall–Kier alpha value is -3.15. The minimum atomic E-state index is -0.662. The molecular formula is C22H29N7O4S. The molecule has 2 aromatic rings. The monoisotopic (exact) mass is 487 g/mol. The van der Waals surface area contributed by atoms with Gasteiger partial charge < -0.3 is 15.0 Å². The van der Waals surface area contributed by atoms with Crippen LogP contribution in [-0.2, 0) is 9.53 Å². The standard InChI is InChI=1S/C22H29N7O4S/c1-22(2,3)33-21(32)29-12-14(9-17(29)20(31)28-7-8-34-13-28)11-23-19(30)16-6-4-5-15(10-16)18-24-26-27-25-18/h4-6,10,14,17H,7-9,11-13H2,1-3H3,(H,23,30)(H,24,25,26,27)/t14-,17+/m1/s1. The van der Waals surface area contributed by atoms with Crippen molar-refractivity contribution in [3.05, 3.63) is 29.8 Å². The summed E-state index contributed by atoms with van der Waals surface area (Å²) in [5.41, 5.74) is 0.506. The van der Waals surface area contributed by atoms with Gasteiger partial charge in [-0.15, -0.1) is 16.9 Å². The predicted octanol–water partition coefficient (Wildman–Crippen LogP) is 1.76. The maximum atomic E-state index is 13.1. The van der Waals surface area contributed by atoms with Gasteiger partial charge in [-0.05, 0) is 55.7 Å². The first-order valence-electron chi connectivity index (χ1n) is 11.2. The maximum absolute atomic E-state index is 13.1. The van der Waals surface area contributed by atoms with Crippen LogP contribution in [0.5, 0.6) is 0 Å². The van der Waals surface area contributed by atoms with Crippen LogP contribution in [0.2, 0.25) is 0 Å². The van der Waals surface area contributed by atoms with E-state index in [1.165, 1.54) is 4.90 Å². The van der Waals surface area contributed by atoms with E-state index in [-0.39, 0.29) is 17.7 Å². The molecule has 0 bridgehead atoms. The largest absolute Gasteiger partial charge is 0.444 e. The molecule has 11 nitrogen and oxygen atoms in total. The molecule has 3 amide bonds. The number of ether oxygens (including phenoxy) is 1. The highest BCUT2D eigenvalue weighted by atomic mass is 32.2. The van der Waals surface area contributed by atoms with E-state index < -0.39 is 17.7 Å². The number of amides is 3.